The first kappa shape index (κ1) is 36.2. The second-order valence-electron chi connectivity index (χ2n) is 15.2. The summed E-state index contributed by atoms with van der Waals surface area (Å²) in [6.07, 6.45) is 3.90. The van der Waals surface area contributed by atoms with E-state index >= 15 is 0 Å². The Hall–Kier alpha value is -1.02. The quantitative estimate of drug-likeness (QED) is 0.245. The summed E-state index contributed by atoms with van der Waals surface area (Å²) < 4.78 is 12.0. The van der Waals surface area contributed by atoms with Gasteiger partial charge in [0, 0.05) is 38.4 Å². The fourth-order valence-corrected chi connectivity index (χ4v) is 8.85. The largest absolute Gasteiger partial charge is 0.411 e. The normalized spacial score (nSPS) is 46.3. The van der Waals surface area contributed by atoms with Crippen molar-refractivity contribution in [2.45, 2.75) is 138 Å². The summed E-state index contributed by atoms with van der Waals surface area (Å²) in [5, 5.41) is 36.4. The average molecular weight is 582 g/mol. The number of nitrogens with zero attached hydrogens (tertiary/aromatic N) is 1. The number of carbonyl (C=O) groups excluding carboxylic acids is 1. The summed E-state index contributed by atoms with van der Waals surface area (Å²) in [5.74, 6) is 0.443. The summed E-state index contributed by atoms with van der Waals surface area (Å²) >= 11 is 0. The molecule has 0 heterocycles. The standard InChI is InChI=1S/C34H63NO6/c1-13-26-16-28(36)23(5)27(15-25-14-20(2)30(37)34(10,19-25)41-12)21(3)17-33(9,40-11)18-22(4)29(35-39)24(6)31(38)32(26,7)8/h20-27,30-31,37-39H,13-19H2,1-12H3/b35-29+/t20?,21-,22-,23?,24?,25+,26+,27+,30+,31?,33+,34-/m1/s1. The van der Waals surface area contributed by atoms with Crippen LogP contribution in [0.1, 0.15) is 114 Å². The second-order valence-corrected chi connectivity index (χ2v) is 15.2. The van der Waals surface area contributed by atoms with Gasteiger partial charge in [-0.1, -0.05) is 67.0 Å². The third-order valence-electron chi connectivity index (χ3n) is 11.8. The fourth-order valence-electron chi connectivity index (χ4n) is 8.85. The molecule has 0 radical (unpaired) electrons. The Bertz CT molecular complexity index is 890. The molecule has 0 aromatic heterocycles. The summed E-state index contributed by atoms with van der Waals surface area (Å²) in [6, 6.07) is 0. The molecule has 41 heavy (non-hydrogen) atoms. The second kappa shape index (κ2) is 14.2. The topological polar surface area (TPSA) is 109 Å². The Kier molecular flexibility index (Phi) is 12.5. The maximum Gasteiger partial charge on any atom is 0.136 e. The van der Waals surface area contributed by atoms with Crippen LogP contribution in [-0.2, 0) is 14.3 Å². The Morgan fingerprint density at radius 1 is 0.878 bits per heavy atom. The van der Waals surface area contributed by atoms with Crippen molar-refractivity contribution in [1.29, 1.82) is 0 Å². The molecule has 0 aromatic carbocycles. The van der Waals surface area contributed by atoms with Crippen molar-refractivity contribution in [2.75, 3.05) is 14.2 Å². The van der Waals surface area contributed by atoms with Crippen LogP contribution < -0.4 is 0 Å². The van der Waals surface area contributed by atoms with Crippen LogP contribution in [-0.4, -0.2) is 64.5 Å². The minimum atomic E-state index is -0.766. The molecule has 240 valence electrons. The van der Waals surface area contributed by atoms with Gasteiger partial charge in [-0.2, -0.15) is 0 Å². The summed E-state index contributed by atoms with van der Waals surface area (Å²) in [7, 11) is 3.43. The van der Waals surface area contributed by atoms with Crippen LogP contribution in [0.5, 0.6) is 0 Å². The molecule has 2 aliphatic rings. The number of methoxy groups -OCH3 is 2. The molecule has 2 fully saturated rings. The van der Waals surface area contributed by atoms with Crippen LogP contribution >= 0.6 is 0 Å². The van der Waals surface area contributed by atoms with Gasteiger partial charge in [0.15, 0.2) is 0 Å². The molecule has 3 N–H and O–H groups in total. The Morgan fingerprint density at radius 2 is 1.49 bits per heavy atom. The highest BCUT2D eigenvalue weighted by Crippen LogP contribution is 2.47. The van der Waals surface area contributed by atoms with E-state index in [0.717, 1.165) is 32.1 Å². The molecular weight excluding hydrogens is 518 g/mol. The molecule has 2 aliphatic carbocycles. The van der Waals surface area contributed by atoms with Crippen LogP contribution in [0, 0.1) is 52.8 Å². The maximum atomic E-state index is 14.1. The summed E-state index contributed by atoms with van der Waals surface area (Å²) in [5.41, 5.74) is -1.06. The molecule has 7 heteroatoms. The lowest BCUT2D eigenvalue weighted by molar-refractivity contribution is -0.149. The first-order chi connectivity index (χ1) is 18.9. The van der Waals surface area contributed by atoms with Crippen molar-refractivity contribution in [3.05, 3.63) is 0 Å². The van der Waals surface area contributed by atoms with Gasteiger partial charge in [-0.05, 0) is 81.0 Å². The number of ketones is 1. The molecule has 7 nitrogen and oxygen atoms in total. The van der Waals surface area contributed by atoms with E-state index in [1.54, 1.807) is 14.2 Å². The zero-order chi connectivity index (χ0) is 31.5. The lowest BCUT2D eigenvalue weighted by atomic mass is 9.62. The molecule has 2 saturated carbocycles. The zero-order valence-corrected chi connectivity index (χ0v) is 28.2. The van der Waals surface area contributed by atoms with Crippen molar-refractivity contribution >= 4 is 11.5 Å². The fraction of sp³-hybridized carbons (Fsp3) is 0.941. The van der Waals surface area contributed by atoms with E-state index in [4.69, 9.17) is 9.47 Å². The third-order valence-corrected chi connectivity index (χ3v) is 11.8. The highest BCUT2D eigenvalue weighted by Gasteiger charge is 2.47. The molecule has 0 bridgehead atoms. The number of oxime groups is 1. The lowest BCUT2D eigenvalue weighted by Gasteiger charge is -2.47. The smallest absolute Gasteiger partial charge is 0.136 e. The van der Waals surface area contributed by atoms with E-state index in [2.05, 4.69) is 46.7 Å². The van der Waals surface area contributed by atoms with Gasteiger partial charge in [0.1, 0.15) is 5.78 Å². The predicted octanol–water partition coefficient (Wildman–Crippen LogP) is 6.75. The number of rotatable bonds is 5. The van der Waals surface area contributed by atoms with Gasteiger partial charge in [-0.3, -0.25) is 4.79 Å². The van der Waals surface area contributed by atoms with Gasteiger partial charge in [0.05, 0.1) is 29.1 Å². The van der Waals surface area contributed by atoms with E-state index in [9.17, 15) is 20.2 Å². The van der Waals surface area contributed by atoms with Gasteiger partial charge in [0.2, 0.25) is 0 Å². The molecule has 0 saturated heterocycles. The van der Waals surface area contributed by atoms with Gasteiger partial charge < -0.3 is 24.9 Å². The van der Waals surface area contributed by atoms with Gasteiger partial charge in [0.25, 0.3) is 0 Å². The molecule has 0 amide bonds. The first-order valence-corrected chi connectivity index (χ1v) is 16.1. The van der Waals surface area contributed by atoms with E-state index in [0.29, 0.717) is 24.5 Å². The van der Waals surface area contributed by atoms with Crippen molar-refractivity contribution in [2.24, 2.45) is 57.9 Å². The molecule has 0 spiro atoms. The Morgan fingerprint density at radius 3 is 2.00 bits per heavy atom. The third kappa shape index (κ3) is 7.93. The first-order valence-electron chi connectivity index (χ1n) is 16.1. The number of hydrogen-bond acceptors (Lipinski definition) is 7. The molecule has 0 aliphatic heterocycles. The average Bonchev–Trinajstić information content (AvgIpc) is 2.91. The highest BCUT2D eigenvalue weighted by molar-refractivity contribution is 5.88. The number of aliphatic hydroxyl groups excluding tert-OH is 2. The number of hydrogen-bond donors (Lipinski definition) is 3. The Balaban J connectivity index is 2.55. The minimum absolute atomic E-state index is 0.00470. The SMILES string of the molecule is CC[C@H]1CC(=O)C(C)[C@@H](C[C@@H]2CC(C)[C@H](O)[C@](C)(OC)C2)[C@H](C)C[C@](C)(OC)C[C@@H](C)/C(=N\O)C(C)C(O)C1(C)C. The van der Waals surface area contributed by atoms with E-state index < -0.39 is 28.8 Å². The van der Waals surface area contributed by atoms with E-state index in [1.807, 2.05) is 27.7 Å². The Labute approximate surface area is 250 Å². The molecule has 4 unspecified atom stereocenters. The molecule has 12 atom stereocenters. The number of carbonyl (C=O) groups is 1. The minimum Gasteiger partial charge on any atom is -0.411 e. The van der Waals surface area contributed by atoms with Crippen molar-refractivity contribution in [1.82, 2.24) is 0 Å². The highest BCUT2D eigenvalue weighted by atomic mass is 16.5. The van der Waals surface area contributed by atoms with Crippen LogP contribution in [0.15, 0.2) is 5.16 Å². The summed E-state index contributed by atoms with van der Waals surface area (Å²) in [4.78, 5) is 14.1. The van der Waals surface area contributed by atoms with Gasteiger partial charge in [-0.25, -0.2) is 0 Å². The van der Waals surface area contributed by atoms with Crippen molar-refractivity contribution in [3.8, 4) is 0 Å². The maximum absolute atomic E-state index is 14.1. The van der Waals surface area contributed by atoms with Crippen LogP contribution in [0.4, 0.5) is 0 Å². The van der Waals surface area contributed by atoms with Crippen LogP contribution in [0.3, 0.4) is 0 Å². The molecule has 0 aromatic rings. The molecular formula is C34H63NO6. The van der Waals surface area contributed by atoms with Crippen molar-refractivity contribution < 1.29 is 29.7 Å². The predicted molar refractivity (Wildman–Crippen MR) is 165 cm³/mol. The van der Waals surface area contributed by atoms with E-state index in [1.165, 1.54) is 0 Å². The molecule has 2 rings (SSSR count). The number of ether oxygens (including phenoxy) is 2. The van der Waals surface area contributed by atoms with Gasteiger partial charge >= 0.3 is 0 Å². The zero-order valence-electron chi connectivity index (χ0n) is 28.2. The lowest BCUT2D eigenvalue weighted by Crippen LogP contribution is -2.51. The monoisotopic (exact) mass is 581 g/mol. The number of Topliss-reactive ketones (excluding diaryl/α,β-unsaturated/α-hetero) is 1. The van der Waals surface area contributed by atoms with Crippen LogP contribution in [0.25, 0.3) is 0 Å². The number of aliphatic hydroxyl groups is 2. The van der Waals surface area contributed by atoms with Crippen molar-refractivity contribution in [3.63, 3.8) is 0 Å². The summed E-state index contributed by atoms with van der Waals surface area (Å²) in [6.45, 7) is 20.8. The van der Waals surface area contributed by atoms with Crippen LogP contribution in [0.2, 0.25) is 0 Å². The van der Waals surface area contributed by atoms with E-state index in [-0.39, 0.29) is 47.2 Å². The van der Waals surface area contributed by atoms with Gasteiger partial charge in [-0.15, -0.1) is 0 Å².